The van der Waals surface area contributed by atoms with Crippen LogP contribution in [0.25, 0.3) is 0 Å². The second-order valence-electron chi connectivity index (χ2n) is 8.18. The third-order valence-corrected chi connectivity index (χ3v) is 5.72. The molecular weight excluding hydrogens is 356 g/mol. The molecule has 0 saturated carbocycles. The van der Waals surface area contributed by atoms with Gasteiger partial charge in [-0.1, -0.05) is 19.0 Å². The molecule has 0 bridgehead atoms. The number of ether oxygens (including phenoxy) is 1. The van der Waals surface area contributed by atoms with Gasteiger partial charge in [0.2, 0.25) is 5.89 Å². The fraction of sp³-hybridized carbons (Fsp3) is 0.700. The van der Waals surface area contributed by atoms with Crippen molar-refractivity contribution < 1.29 is 9.26 Å². The molecule has 0 amide bonds. The van der Waals surface area contributed by atoms with Crippen LogP contribution in [-0.2, 0) is 4.74 Å². The van der Waals surface area contributed by atoms with Crippen LogP contribution < -0.4 is 10.2 Å². The number of hydrogen-bond acceptors (Lipinski definition) is 8. The number of aryl methyl sites for hydroxylation is 1. The number of rotatable bonds is 5. The molecule has 0 radical (unpaired) electrons. The third kappa shape index (κ3) is 4.27. The average molecular weight is 387 g/mol. The predicted octanol–water partition coefficient (Wildman–Crippen LogP) is 3.17. The predicted molar refractivity (Wildman–Crippen MR) is 106 cm³/mol. The zero-order valence-corrected chi connectivity index (χ0v) is 17.0. The first-order chi connectivity index (χ1) is 13.6. The van der Waals surface area contributed by atoms with Crippen LogP contribution in [0.3, 0.4) is 0 Å². The van der Waals surface area contributed by atoms with E-state index in [1.165, 1.54) is 0 Å². The zero-order chi connectivity index (χ0) is 19.5. The summed E-state index contributed by atoms with van der Waals surface area (Å²) >= 11 is 0. The summed E-state index contributed by atoms with van der Waals surface area (Å²) in [5, 5.41) is 7.51. The number of nitrogens with zero attached hydrogens (tertiary/aromatic N) is 5. The number of hydrogen-bond donors (Lipinski definition) is 1. The highest BCUT2D eigenvalue weighted by molar-refractivity contribution is 5.49. The molecule has 8 heteroatoms. The van der Waals surface area contributed by atoms with Crippen LogP contribution >= 0.6 is 0 Å². The van der Waals surface area contributed by atoms with Gasteiger partial charge in [-0.25, -0.2) is 9.97 Å². The van der Waals surface area contributed by atoms with Gasteiger partial charge in [0, 0.05) is 31.7 Å². The van der Waals surface area contributed by atoms with Crippen molar-refractivity contribution >= 4 is 11.6 Å². The smallest absolute Gasteiger partial charge is 0.229 e. The van der Waals surface area contributed by atoms with Crippen LogP contribution in [0.1, 0.15) is 57.2 Å². The number of nitrogens with one attached hydrogen (secondary N) is 1. The van der Waals surface area contributed by atoms with Crippen molar-refractivity contribution in [3.63, 3.8) is 0 Å². The molecule has 0 aliphatic carbocycles. The molecule has 2 atom stereocenters. The fourth-order valence-electron chi connectivity index (χ4n) is 4.24. The molecule has 2 aliphatic heterocycles. The molecule has 2 fully saturated rings. The van der Waals surface area contributed by atoms with E-state index < -0.39 is 0 Å². The van der Waals surface area contributed by atoms with E-state index in [1.54, 1.807) is 6.33 Å². The van der Waals surface area contributed by atoms with Crippen molar-refractivity contribution in [2.24, 2.45) is 5.92 Å². The van der Waals surface area contributed by atoms with Crippen molar-refractivity contribution in [3.05, 3.63) is 24.1 Å². The highest BCUT2D eigenvalue weighted by Gasteiger charge is 2.29. The van der Waals surface area contributed by atoms with Crippen molar-refractivity contribution in [2.45, 2.75) is 64.5 Å². The van der Waals surface area contributed by atoms with Crippen LogP contribution in [0.15, 0.2) is 16.9 Å². The monoisotopic (exact) mass is 386 g/mol. The maximum absolute atomic E-state index is 5.99. The molecule has 0 unspecified atom stereocenters. The Morgan fingerprint density at radius 2 is 2.00 bits per heavy atom. The minimum Gasteiger partial charge on any atom is -0.376 e. The van der Waals surface area contributed by atoms with Crippen LogP contribution in [0.4, 0.5) is 11.6 Å². The maximum Gasteiger partial charge on any atom is 0.229 e. The second-order valence-corrected chi connectivity index (χ2v) is 8.18. The van der Waals surface area contributed by atoms with Gasteiger partial charge in [0.05, 0.1) is 12.1 Å². The quantitative estimate of drug-likeness (QED) is 0.838. The summed E-state index contributed by atoms with van der Waals surface area (Å²) in [6.07, 6.45) is 6.04. The molecule has 0 aromatic carbocycles. The lowest BCUT2D eigenvalue weighted by Crippen LogP contribution is -2.43. The Kier molecular flexibility index (Phi) is 5.75. The molecule has 152 valence electrons. The Hall–Kier alpha value is -2.22. The Morgan fingerprint density at radius 3 is 2.71 bits per heavy atom. The van der Waals surface area contributed by atoms with Gasteiger partial charge in [0.1, 0.15) is 18.0 Å². The summed E-state index contributed by atoms with van der Waals surface area (Å²) in [4.78, 5) is 15.7. The normalized spacial score (nSPS) is 23.9. The topological polar surface area (TPSA) is 89.2 Å². The standard InChI is InChI=1S/C20H30N6O2/c1-13(2)19-16(5-4-10-27-19)24-17-11-18(22-12-21-17)26-8-6-15(7-9-26)20-23-14(3)25-28-20/h11-13,15-16,19H,4-10H2,1-3H3,(H,21,22,24)/t16-,19+/m0/s1. The molecule has 2 aromatic heterocycles. The minimum absolute atomic E-state index is 0.223. The molecular formula is C20H30N6O2. The van der Waals surface area contributed by atoms with E-state index in [2.05, 4.69) is 50.2 Å². The number of piperidine rings is 1. The summed E-state index contributed by atoms with van der Waals surface area (Å²) in [6, 6.07) is 2.35. The van der Waals surface area contributed by atoms with Gasteiger partial charge in [-0.2, -0.15) is 4.98 Å². The lowest BCUT2D eigenvalue weighted by atomic mass is 9.93. The van der Waals surface area contributed by atoms with Gasteiger partial charge >= 0.3 is 0 Å². The van der Waals surface area contributed by atoms with E-state index in [0.29, 0.717) is 23.7 Å². The van der Waals surface area contributed by atoms with Crippen LogP contribution in [-0.4, -0.2) is 52.0 Å². The van der Waals surface area contributed by atoms with Crippen molar-refractivity contribution in [3.8, 4) is 0 Å². The lowest BCUT2D eigenvalue weighted by molar-refractivity contribution is -0.0203. The second kappa shape index (κ2) is 8.43. The van der Waals surface area contributed by atoms with E-state index in [1.807, 2.05) is 6.92 Å². The Bertz CT molecular complexity index is 772. The third-order valence-electron chi connectivity index (χ3n) is 5.72. The SMILES string of the molecule is Cc1noc(C2CCN(c3cc(N[C@H]4CCCO[C@@H]4C(C)C)ncn3)CC2)n1. The summed E-state index contributed by atoms with van der Waals surface area (Å²) < 4.78 is 11.3. The molecule has 2 saturated heterocycles. The summed E-state index contributed by atoms with van der Waals surface area (Å²) in [6.45, 7) is 8.98. The van der Waals surface area contributed by atoms with Crippen LogP contribution in [0.5, 0.6) is 0 Å². The summed E-state index contributed by atoms with van der Waals surface area (Å²) in [5.41, 5.74) is 0. The first kappa shape index (κ1) is 19.1. The molecule has 2 aromatic rings. The highest BCUT2D eigenvalue weighted by Crippen LogP contribution is 2.30. The van der Waals surface area contributed by atoms with Gasteiger partial charge in [-0.15, -0.1) is 0 Å². The summed E-state index contributed by atoms with van der Waals surface area (Å²) in [5.74, 6) is 4.13. The van der Waals surface area contributed by atoms with Gasteiger partial charge in [0.15, 0.2) is 5.82 Å². The van der Waals surface area contributed by atoms with E-state index in [0.717, 1.165) is 62.9 Å². The van der Waals surface area contributed by atoms with Gasteiger partial charge in [-0.05, 0) is 38.5 Å². The molecule has 4 heterocycles. The molecule has 28 heavy (non-hydrogen) atoms. The lowest BCUT2D eigenvalue weighted by Gasteiger charge is -2.35. The Labute approximate surface area is 166 Å². The van der Waals surface area contributed by atoms with Gasteiger partial charge in [0.25, 0.3) is 0 Å². The van der Waals surface area contributed by atoms with Crippen LogP contribution in [0, 0.1) is 12.8 Å². The molecule has 0 spiro atoms. The van der Waals surface area contributed by atoms with Crippen molar-refractivity contribution in [1.82, 2.24) is 20.1 Å². The number of anilines is 2. The average Bonchev–Trinajstić information content (AvgIpc) is 3.15. The van der Waals surface area contributed by atoms with Crippen molar-refractivity contribution in [1.29, 1.82) is 0 Å². The Morgan fingerprint density at radius 1 is 1.18 bits per heavy atom. The molecule has 2 aliphatic rings. The number of aromatic nitrogens is 4. The fourth-order valence-corrected chi connectivity index (χ4v) is 4.24. The largest absolute Gasteiger partial charge is 0.376 e. The molecule has 4 rings (SSSR count). The van der Waals surface area contributed by atoms with E-state index >= 15 is 0 Å². The first-order valence-electron chi connectivity index (χ1n) is 10.4. The minimum atomic E-state index is 0.223. The molecule has 8 nitrogen and oxygen atoms in total. The highest BCUT2D eigenvalue weighted by atomic mass is 16.5. The van der Waals surface area contributed by atoms with Crippen LogP contribution in [0.2, 0.25) is 0 Å². The van der Waals surface area contributed by atoms with E-state index in [-0.39, 0.29) is 6.10 Å². The maximum atomic E-state index is 5.99. The van der Waals surface area contributed by atoms with Gasteiger partial charge < -0.3 is 19.5 Å². The van der Waals surface area contributed by atoms with Crippen molar-refractivity contribution in [2.75, 3.05) is 29.9 Å². The zero-order valence-electron chi connectivity index (χ0n) is 17.0. The van der Waals surface area contributed by atoms with E-state index in [9.17, 15) is 0 Å². The van der Waals surface area contributed by atoms with Gasteiger partial charge in [-0.3, -0.25) is 0 Å². The Balaban J connectivity index is 1.39. The first-order valence-corrected chi connectivity index (χ1v) is 10.4. The summed E-state index contributed by atoms with van der Waals surface area (Å²) in [7, 11) is 0. The molecule has 1 N–H and O–H groups in total. The van der Waals surface area contributed by atoms with E-state index in [4.69, 9.17) is 9.26 Å².